The van der Waals surface area contributed by atoms with E-state index in [0.29, 0.717) is 44.3 Å². The van der Waals surface area contributed by atoms with Crippen LogP contribution in [0.25, 0.3) is 0 Å². The van der Waals surface area contributed by atoms with Crippen LogP contribution in [-0.2, 0) is 15.4 Å². The third kappa shape index (κ3) is 4.58. The minimum absolute atomic E-state index is 0.0834. The number of hydrogen-bond donors (Lipinski definition) is 1. The number of halogens is 1. The van der Waals surface area contributed by atoms with E-state index in [9.17, 15) is 13.2 Å². The minimum atomic E-state index is -3.64. The first kappa shape index (κ1) is 22.9. The highest BCUT2D eigenvalue weighted by Gasteiger charge is 2.29. The highest BCUT2D eigenvalue weighted by atomic mass is 35.5. The summed E-state index contributed by atoms with van der Waals surface area (Å²) in [5.74, 6) is 0.984. The number of fused-ring (bicyclic) bond motifs is 1. The number of carbonyl (C=O) groups excluding carboxylic acids is 1. The largest absolute Gasteiger partial charge is 0.486 e. The van der Waals surface area contributed by atoms with Crippen molar-refractivity contribution in [3.63, 3.8) is 0 Å². The summed E-state index contributed by atoms with van der Waals surface area (Å²) in [6, 6.07) is 10.0. The summed E-state index contributed by atoms with van der Waals surface area (Å²) >= 11 is 6.25. The fourth-order valence-electron chi connectivity index (χ4n) is 3.88. The van der Waals surface area contributed by atoms with Gasteiger partial charge in [-0.25, -0.2) is 8.42 Å². The number of hydrogen-bond acceptors (Lipinski definition) is 5. The van der Waals surface area contributed by atoms with Crippen molar-refractivity contribution in [1.82, 2.24) is 9.62 Å². The molecule has 1 N–H and O–H groups in total. The van der Waals surface area contributed by atoms with Gasteiger partial charge in [-0.05, 0) is 48.7 Å². The predicted molar refractivity (Wildman–Crippen MR) is 122 cm³/mol. The second kappa shape index (κ2) is 8.92. The molecule has 0 bridgehead atoms. The molecule has 2 aliphatic heterocycles. The molecule has 172 valence electrons. The molecule has 2 aromatic rings. The summed E-state index contributed by atoms with van der Waals surface area (Å²) in [4.78, 5) is 13.0. The van der Waals surface area contributed by atoms with Gasteiger partial charge in [-0.3, -0.25) is 4.79 Å². The monoisotopic (exact) mass is 478 g/mol. The van der Waals surface area contributed by atoms with Gasteiger partial charge in [0.25, 0.3) is 5.91 Å². The van der Waals surface area contributed by atoms with Gasteiger partial charge < -0.3 is 14.8 Å². The predicted octanol–water partition coefficient (Wildman–Crippen LogP) is 3.60. The Kier molecular flexibility index (Phi) is 6.38. The van der Waals surface area contributed by atoms with E-state index in [0.717, 1.165) is 18.4 Å². The van der Waals surface area contributed by atoms with Crippen molar-refractivity contribution < 1.29 is 22.7 Å². The zero-order valence-corrected chi connectivity index (χ0v) is 19.8. The van der Waals surface area contributed by atoms with Crippen LogP contribution in [-0.4, -0.2) is 51.5 Å². The van der Waals surface area contributed by atoms with Gasteiger partial charge in [0.05, 0.1) is 15.5 Å². The van der Waals surface area contributed by atoms with Crippen LogP contribution in [0.3, 0.4) is 0 Å². The van der Waals surface area contributed by atoms with E-state index in [2.05, 4.69) is 5.32 Å². The smallest absolute Gasteiger partial charge is 0.252 e. The van der Waals surface area contributed by atoms with E-state index in [1.165, 1.54) is 22.5 Å². The number of nitrogens with one attached hydrogen (secondary N) is 1. The molecule has 1 amide bonds. The molecule has 0 saturated carbocycles. The van der Waals surface area contributed by atoms with Gasteiger partial charge >= 0.3 is 0 Å². The molecule has 0 aliphatic carbocycles. The molecule has 9 heteroatoms. The summed E-state index contributed by atoms with van der Waals surface area (Å²) in [5.41, 5.74) is 0.723. The summed E-state index contributed by atoms with van der Waals surface area (Å²) in [5, 5.41) is 3.11. The van der Waals surface area contributed by atoms with Crippen molar-refractivity contribution in [2.75, 3.05) is 32.8 Å². The zero-order valence-electron chi connectivity index (χ0n) is 18.2. The number of benzene rings is 2. The Morgan fingerprint density at radius 3 is 2.47 bits per heavy atom. The van der Waals surface area contributed by atoms with Crippen LogP contribution >= 0.6 is 11.6 Å². The fraction of sp³-hybridized carbons (Fsp3) is 0.435. The molecular formula is C23H27ClN2O5S. The normalized spacial score (nSPS) is 16.7. The van der Waals surface area contributed by atoms with Crippen molar-refractivity contribution in [2.45, 2.75) is 37.0 Å². The lowest BCUT2D eigenvalue weighted by molar-refractivity contribution is 0.0945. The van der Waals surface area contributed by atoms with Crippen molar-refractivity contribution in [2.24, 2.45) is 0 Å². The standard InChI is InChI=1S/C23H27ClN2O5S/c1-23(2,16-5-8-20-21(13-16)31-12-11-30-20)15-25-22(27)18-14-17(6-7-19(18)24)32(28,29)26-9-3-4-10-26/h5-8,13-14H,3-4,9-12,15H2,1-2H3,(H,25,27). The summed E-state index contributed by atoms with van der Waals surface area (Å²) in [7, 11) is -3.64. The molecule has 0 radical (unpaired) electrons. The van der Waals surface area contributed by atoms with Crippen LogP contribution in [0.1, 0.15) is 42.6 Å². The van der Waals surface area contributed by atoms with Crippen molar-refractivity contribution in [3.8, 4) is 11.5 Å². The maximum Gasteiger partial charge on any atom is 0.252 e. The van der Waals surface area contributed by atoms with Gasteiger partial charge in [-0.15, -0.1) is 0 Å². The molecule has 2 aliphatic rings. The quantitative estimate of drug-likeness (QED) is 0.685. The van der Waals surface area contributed by atoms with Crippen LogP contribution in [0.15, 0.2) is 41.3 Å². The van der Waals surface area contributed by atoms with Gasteiger partial charge in [0, 0.05) is 25.0 Å². The van der Waals surface area contributed by atoms with Gasteiger partial charge in [-0.2, -0.15) is 4.31 Å². The Hall–Kier alpha value is -2.29. The molecular weight excluding hydrogens is 452 g/mol. The lowest BCUT2D eigenvalue weighted by Crippen LogP contribution is -2.37. The number of nitrogens with zero attached hydrogens (tertiary/aromatic N) is 1. The van der Waals surface area contributed by atoms with E-state index in [1.807, 2.05) is 32.0 Å². The molecule has 0 atom stereocenters. The molecule has 0 unspecified atom stereocenters. The highest BCUT2D eigenvalue weighted by molar-refractivity contribution is 7.89. The van der Waals surface area contributed by atoms with Crippen molar-refractivity contribution in [3.05, 3.63) is 52.5 Å². The fourth-order valence-corrected chi connectivity index (χ4v) is 5.63. The molecule has 1 fully saturated rings. The minimum Gasteiger partial charge on any atom is -0.486 e. The van der Waals surface area contributed by atoms with Crippen LogP contribution in [0.2, 0.25) is 5.02 Å². The van der Waals surface area contributed by atoms with E-state index in [-0.39, 0.29) is 15.5 Å². The molecule has 2 aromatic carbocycles. The van der Waals surface area contributed by atoms with Crippen LogP contribution < -0.4 is 14.8 Å². The number of ether oxygens (including phenoxy) is 2. The Balaban J connectivity index is 1.50. The summed E-state index contributed by atoms with van der Waals surface area (Å²) in [6.07, 6.45) is 1.68. The van der Waals surface area contributed by atoms with Crippen LogP contribution in [0.4, 0.5) is 0 Å². The van der Waals surface area contributed by atoms with Gasteiger partial charge in [0.2, 0.25) is 10.0 Å². The van der Waals surface area contributed by atoms with Gasteiger partial charge in [-0.1, -0.05) is 31.5 Å². The topological polar surface area (TPSA) is 84.9 Å². The van der Waals surface area contributed by atoms with Gasteiger partial charge in [0.15, 0.2) is 11.5 Å². The van der Waals surface area contributed by atoms with Crippen molar-refractivity contribution >= 4 is 27.5 Å². The first-order chi connectivity index (χ1) is 15.2. The molecule has 32 heavy (non-hydrogen) atoms. The molecule has 4 rings (SSSR count). The lowest BCUT2D eigenvalue weighted by atomic mass is 9.84. The number of rotatable bonds is 6. The first-order valence-corrected chi connectivity index (χ1v) is 12.5. The van der Waals surface area contributed by atoms with Crippen molar-refractivity contribution in [1.29, 1.82) is 0 Å². The molecule has 7 nitrogen and oxygen atoms in total. The third-order valence-electron chi connectivity index (χ3n) is 5.90. The Morgan fingerprint density at radius 2 is 1.75 bits per heavy atom. The van der Waals surface area contributed by atoms with E-state index >= 15 is 0 Å². The Bertz CT molecular complexity index is 1130. The van der Waals surface area contributed by atoms with E-state index < -0.39 is 21.3 Å². The highest BCUT2D eigenvalue weighted by Crippen LogP contribution is 2.35. The summed E-state index contributed by atoms with van der Waals surface area (Å²) in [6.45, 7) is 6.36. The average Bonchev–Trinajstić information content (AvgIpc) is 3.33. The van der Waals surface area contributed by atoms with Crippen LogP contribution in [0.5, 0.6) is 11.5 Å². The average molecular weight is 479 g/mol. The molecule has 2 heterocycles. The van der Waals surface area contributed by atoms with Gasteiger partial charge in [0.1, 0.15) is 13.2 Å². The lowest BCUT2D eigenvalue weighted by Gasteiger charge is -2.28. The van der Waals surface area contributed by atoms with E-state index in [4.69, 9.17) is 21.1 Å². The molecule has 0 spiro atoms. The number of amides is 1. The molecule has 1 saturated heterocycles. The maximum absolute atomic E-state index is 12.9. The second-order valence-electron chi connectivity index (χ2n) is 8.68. The second-order valence-corrected chi connectivity index (χ2v) is 11.0. The first-order valence-electron chi connectivity index (χ1n) is 10.7. The Morgan fingerprint density at radius 1 is 1.06 bits per heavy atom. The SMILES string of the molecule is CC(C)(CNC(=O)c1cc(S(=O)(=O)N2CCCC2)ccc1Cl)c1ccc2c(c1)OCCO2. The van der Waals surface area contributed by atoms with Crippen LogP contribution in [0, 0.1) is 0 Å². The third-order valence-corrected chi connectivity index (χ3v) is 8.12. The maximum atomic E-state index is 12.9. The number of carbonyl (C=O) groups is 1. The summed E-state index contributed by atoms with van der Waals surface area (Å²) < 4.78 is 38.4. The zero-order chi connectivity index (χ0) is 22.9. The number of sulfonamides is 1. The van der Waals surface area contributed by atoms with E-state index in [1.54, 1.807) is 0 Å². The Labute approximate surface area is 193 Å². The molecule has 0 aromatic heterocycles.